The Balaban J connectivity index is 1.72. The van der Waals surface area contributed by atoms with E-state index in [1.807, 2.05) is 6.92 Å². The minimum Gasteiger partial charge on any atom is -0.291 e. The smallest absolute Gasteiger partial charge is 0.257 e. The van der Waals surface area contributed by atoms with E-state index < -0.39 is 0 Å². The van der Waals surface area contributed by atoms with E-state index in [2.05, 4.69) is 20.6 Å². The van der Waals surface area contributed by atoms with Crippen molar-refractivity contribution in [2.24, 2.45) is 29.5 Å². The zero-order chi connectivity index (χ0) is 13.0. The molecule has 0 unspecified atom stereocenters. The molecule has 0 spiro atoms. The first-order valence-electron chi connectivity index (χ1n) is 7.42. The second-order valence-electron chi connectivity index (χ2n) is 6.71. The normalized spacial score (nSPS) is 39.6. The van der Waals surface area contributed by atoms with Crippen molar-refractivity contribution in [3.63, 3.8) is 0 Å². The lowest BCUT2D eigenvalue weighted by molar-refractivity contribution is -0.00454. The lowest BCUT2D eigenvalue weighted by Gasteiger charge is -2.54. The number of nitrogens with two attached hydrogens (primary N) is 1. The van der Waals surface area contributed by atoms with Crippen LogP contribution in [0.5, 0.6) is 0 Å². The summed E-state index contributed by atoms with van der Waals surface area (Å²) in [7, 11) is 0. The average Bonchev–Trinajstić information content (AvgIpc) is 2.39. The van der Waals surface area contributed by atoms with Gasteiger partial charge in [0.15, 0.2) is 0 Å². The van der Waals surface area contributed by atoms with E-state index in [0.717, 1.165) is 35.1 Å². The van der Waals surface area contributed by atoms with Gasteiger partial charge in [-0.3, -0.25) is 5.43 Å². The first kappa shape index (κ1) is 11.6. The van der Waals surface area contributed by atoms with Crippen LogP contribution in [0.4, 0.5) is 5.95 Å². The van der Waals surface area contributed by atoms with Crippen molar-refractivity contribution in [2.75, 3.05) is 5.43 Å². The number of aromatic nitrogens is 3. The van der Waals surface area contributed by atoms with Gasteiger partial charge in [-0.1, -0.05) is 0 Å². The molecule has 5 nitrogen and oxygen atoms in total. The number of nitrogens with one attached hydrogen (secondary N) is 1. The van der Waals surface area contributed by atoms with Crippen molar-refractivity contribution in [2.45, 2.75) is 44.9 Å². The summed E-state index contributed by atoms with van der Waals surface area (Å²) in [4.78, 5) is 4.63. The fourth-order valence-corrected chi connectivity index (χ4v) is 5.14. The Kier molecular flexibility index (Phi) is 2.52. The maximum atomic E-state index is 5.43. The minimum atomic E-state index is 0.453. The summed E-state index contributed by atoms with van der Waals surface area (Å²) >= 11 is 0. The zero-order valence-electron chi connectivity index (χ0n) is 11.3. The predicted molar refractivity (Wildman–Crippen MR) is 72.2 cm³/mol. The number of hydrogen-bond donors (Lipinski definition) is 2. The third kappa shape index (κ3) is 1.75. The molecule has 4 fully saturated rings. The van der Waals surface area contributed by atoms with E-state index in [1.165, 1.54) is 32.1 Å². The topological polar surface area (TPSA) is 76.7 Å². The quantitative estimate of drug-likeness (QED) is 0.627. The number of anilines is 1. The zero-order valence-corrected chi connectivity index (χ0v) is 11.3. The van der Waals surface area contributed by atoms with Crippen LogP contribution in [0.15, 0.2) is 0 Å². The minimum absolute atomic E-state index is 0.453. The molecule has 4 aliphatic carbocycles. The molecule has 4 aliphatic rings. The van der Waals surface area contributed by atoms with Crippen molar-refractivity contribution < 1.29 is 0 Å². The molecular weight excluding hydrogens is 238 g/mol. The summed E-state index contributed by atoms with van der Waals surface area (Å²) in [6, 6.07) is 0. The van der Waals surface area contributed by atoms with Gasteiger partial charge in [0.2, 0.25) is 0 Å². The third-order valence-electron chi connectivity index (χ3n) is 5.56. The molecule has 1 heterocycles. The molecule has 0 amide bonds. The molecule has 5 heteroatoms. The Morgan fingerprint density at radius 1 is 1.00 bits per heavy atom. The standard InChI is InChI=1S/C14H21N5/c1-7-13(16-14(17-15)19-18-7)12-10-3-8-2-9(5-10)6-11(12)4-8/h8-12H,2-6,15H2,1H3,(H,16,17,19). The molecule has 19 heavy (non-hydrogen) atoms. The van der Waals surface area contributed by atoms with Crippen LogP contribution in [0, 0.1) is 30.6 Å². The second kappa shape index (κ2) is 4.13. The molecule has 0 aromatic carbocycles. The van der Waals surface area contributed by atoms with Gasteiger partial charge in [-0.25, -0.2) is 10.8 Å². The summed E-state index contributed by atoms with van der Waals surface area (Å²) < 4.78 is 0. The first-order chi connectivity index (χ1) is 9.24. The van der Waals surface area contributed by atoms with Crippen LogP contribution in [0.25, 0.3) is 0 Å². The van der Waals surface area contributed by atoms with Gasteiger partial charge >= 0.3 is 0 Å². The molecule has 4 bridgehead atoms. The van der Waals surface area contributed by atoms with Gasteiger partial charge < -0.3 is 0 Å². The van der Waals surface area contributed by atoms with E-state index in [4.69, 9.17) is 5.84 Å². The molecule has 0 radical (unpaired) electrons. The summed E-state index contributed by atoms with van der Waals surface area (Å²) in [5, 5.41) is 8.20. The molecule has 1 aromatic heterocycles. The molecule has 102 valence electrons. The molecule has 1 aromatic rings. The van der Waals surface area contributed by atoms with Crippen molar-refractivity contribution in [1.82, 2.24) is 15.2 Å². The highest BCUT2D eigenvalue weighted by atomic mass is 15.3. The molecule has 5 rings (SSSR count). The molecular formula is C14H21N5. The molecule has 0 atom stereocenters. The SMILES string of the molecule is Cc1nnc(NN)nc1C1C2CC3CC(C2)CC1C3. The van der Waals surface area contributed by atoms with E-state index in [9.17, 15) is 0 Å². The number of rotatable bonds is 2. The highest BCUT2D eigenvalue weighted by Crippen LogP contribution is 2.59. The van der Waals surface area contributed by atoms with E-state index >= 15 is 0 Å². The third-order valence-corrected chi connectivity index (χ3v) is 5.56. The van der Waals surface area contributed by atoms with Gasteiger partial charge in [0, 0.05) is 5.92 Å². The maximum Gasteiger partial charge on any atom is 0.257 e. The number of nitrogen functional groups attached to an aromatic ring is 1. The largest absolute Gasteiger partial charge is 0.291 e. The van der Waals surface area contributed by atoms with Gasteiger partial charge in [0.25, 0.3) is 5.95 Å². The number of hydrogen-bond acceptors (Lipinski definition) is 5. The van der Waals surface area contributed by atoms with Crippen molar-refractivity contribution >= 4 is 5.95 Å². The monoisotopic (exact) mass is 259 g/mol. The fourth-order valence-electron chi connectivity index (χ4n) is 5.14. The Bertz CT molecular complexity index is 473. The van der Waals surface area contributed by atoms with Gasteiger partial charge in [0.1, 0.15) is 0 Å². The highest BCUT2D eigenvalue weighted by molar-refractivity contribution is 5.27. The second-order valence-corrected chi connectivity index (χ2v) is 6.71. The molecule has 0 aliphatic heterocycles. The van der Waals surface area contributed by atoms with Crippen LogP contribution < -0.4 is 11.3 Å². The van der Waals surface area contributed by atoms with Crippen LogP contribution in [-0.2, 0) is 0 Å². The van der Waals surface area contributed by atoms with Crippen LogP contribution >= 0.6 is 0 Å². The summed E-state index contributed by atoms with van der Waals surface area (Å²) in [5.74, 6) is 10.1. The summed E-state index contributed by atoms with van der Waals surface area (Å²) in [5.41, 5.74) is 4.66. The highest BCUT2D eigenvalue weighted by Gasteiger charge is 2.49. The average molecular weight is 259 g/mol. The number of aryl methyl sites for hydroxylation is 1. The lowest BCUT2D eigenvalue weighted by Crippen LogP contribution is -2.44. The number of nitrogens with zero attached hydrogens (tertiary/aromatic N) is 3. The lowest BCUT2D eigenvalue weighted by atomic mass is 9.51. The summed E-state index contributed by atoms with van der Waals surface area (Å²) in [6.45, 7) is 2.03. The molecule has 4 saturated carbocycles. The molecule has 3 N–H and O–H groups in total. The van der Waals surface area contributed by atoms with Gasteiger partial charge in [-0.15, -0.1) is 5.10 Å². The first-order valence-corrected chi connectivity index (χ1v) is 7.42. The van der Waals surface area contributed by atoms with Gasteiger partial charge in [-0.05, 0) is 62.7 Å². The van der Waals surface area contributed by atoms with Gasteiger partial charge in [-0.2, -0.15) is 5.10 Å². The fraction of sp³-hybridized carbons (Fsp3) is 0.786. The van der Waals surface area contributed by atoms with Crippen molar-refractivity contribution in [1.29, 1.82) is 0 Å². The van der Waals surface area contributed by atoms with Crippen LogP contribution in [-0.4, -0.2) is 15.2 Å². The van der Waals surface area contributed by atoms with Crippen molar-refractivity contribution in [3.05, 3.63) is 11.4 Å². The van der Waals surface area contributed by atoms with E-state index in [-0.39, 0.29) is 0 Å². The Morgan fingerprint density at radius 2 is 1.63 bits per heavy atom. The van der Waals surface area contributed by atoms with Crippen LogP contribution in [0.2, 0.25) is 0 Å². The predicted octanol–water partition coefficient (Wildman–Crippen LogP) is 2.01. The Morgan fingerprint density at radius 3 is 2.21 bits per heavy atom. The maximum absolute atomic E-state index is 5.43. The Hall–Kier alpha value is -1.23. The van der Waals surface area contributed by atoms with Crippen LogP contribution in [0.1, 0.15) is 49.4 Å². The van der Waals surface area contributed by atoms with Gasteiger partial charge in [0.05, 0.1) is 11.4 Å². The Labute approximate surface area is 113 Å². The van der Waals surface area contributed by atoms with E-state index in [1.54, 1.807) is 0 Å². The van der Waals surface area contributed by atoms with Crippen molar-refractivity contribution in [3.8, 4) is 0 Å². The number of hydrazine groups is 1. The van der Waals surface area contributed by atoms with E-state index in [0.29, 0.717) is 11.9 Å². The van der Waals surface area contributed by atoms with Crippen LogP contribution in [0.3, 0.4) is 0 Å². The molecule has 0 saturated heterocycles. The summed E-state index contributed by atoms with van der Waals surface area (Å²) in [6.07, 6.45) is 7.06.